The van der Waals surface area contributed by atoms with Crippen LogP contribution in [0.2, 0.25) is 0 Å². The molecule has 0 saturated heterocycles. The molecule has 3 heterocycles. The van der Waals surface area contributed by atoms with Crippen molar-refractivity contribution in [3.63, 3.8) is 0 Å². The highest BCUT2D eigenvalue weighted by molar-refractivity contribution is 5.98. The summed E-state index contributed by atoms with van der Waals surface area (Å²) < 4.78 is 2.19. The Morgan fingerprint density at radius 1 is 1.27 bits per heavy atom. The van der Waals surface area contributed by atoms with Crippen LogP contribution >= 0.6 is 0 Å². The normalized spacial score (nSPS) is 19.0. The molecule has 116 valence electrons. The third-order valence-electron chi connectivity index (χ3n) is 4.37. The fraction of sp³-hybridized carbons (Fsp3) is 0.500. The molecule has 0 radical (unpaired) electrons. The van der Waals surface area contributed by atoms with Crippen molar-refractivity contribution in [2.75, 3.05) is 12.3 Å². The SMILES string of the molecule is CC(C)(C)n1cc(C2=CN(C3CC3)NC2)c2c(N)ncnc21. The Labute approximate surface area is 130 Å². The van der Waals surface area contributed by atoms with Crippen LogP contribution in [0.4, 0.5) is 5.82 Å². The summed E-state index contributed by atoms with van der Waals surface area (Å²) >= 11 is 0. The molecule has 1 aliphatic carbocycles. The van der Waals surface area contributed by atoms with E-state index in [0.717, 1.165) is 23.1 Å². The highest BCUT2D eigenvalue weighted by atomic mass is 15.5. The molecule has 0 bridgehead atoms. The van der Waals surface area contributed by atoms with Crippen LogP contribution in [-0.2, 0) is 5.54 Å². The van der Waals surface area contributed by atoms with E-state index >= 15 is 0 Å². The molecule has 4 rings (SSSR count). The molecule has 0 atom stereocenters. The molecule has 3 N–H and O–H groups in total. The summed E-state index contributed by atoms with van der Waals surface area (Å²) in [4.78, 5) is 8.67. The van der Waals surface area contributed by atoms with E-state index in [1.54, 1.807) is 6.33 Å². The van der Waals surface area contributed by atoms with E-state index < -0.39 is 0 Å². The lowest BCUT2D eigenvalue weighted by Gasteiger charge is -2.21. The van der Waals surface area contributed by atoms with Crippen molar-refractivity contribution < 1.29 is 0 Å². The van der Waals surface area contributed by atoms with E-state index in [1.807, 2.05) is 0 Å². The number of hydrogen-bond donors (Lipinski definition) is 2. The van der Waals surface area contributed by atoms with Crippen molar-refractivity contribution in [2.24, 2.45) is 0 Å². The van der Waals surface area contributed by atoms with Gasteiger partial charge in [-0.15, -0.1) is 0 Å². The van der Waals surface area contributed by atoms with Gasteiger partial charge in [0.05, 0.1) is 5.39 Å². The van der Waals surface area contributed by atoms with Gasteiger partial charge in [0.15, 0.2) is 0 Å². The molecular weight excluding hydrogens is 276 g/mol. The first-order valence-electron chi connectivity index (χ1n) is 7.80. The standard InChI is InChI=1S/C16H22N6/c1-16(2,3)21-8-12(13-14(17)18-9-19-15(13)21)10-6-20-22(7-10)11-4-5-11/h7-9,11,20H,4-6H2,1-3H3,(H2,17,18,19). The Kier molecular flexibility index (Phi) is 2.75. The van der Waals surface area contributed by atoms with Crippen molar-refractivity contribution >= 4 is 22.4 Å². The maximum atomic E-state index is 6.16. The second-order valence-corrected chi connectivity index (χ2v) is 7.17. The number of anilines is 1. The van der Waals surface area contributed by atoms with Gasteiger partial charge in [-0.1, -0.05) is 0 Å². The molecule has 6 heteroatoms. The van der Waals surface area contributed by atoms with Gasteiger partial charge in [-0.3, -0.25) is 0 Å². The second kappa shape index (κ2) is 4.46. The molecule has 22 heavy (non-hydrogen) atoms. The van der Waals surface area contributed by atoms with Crippen molar-refractivity contribution in [1.82, 2.24) is 25.0 Å². The average molecular weight is 298 g/mol. The number of fused-ring (bicyclic) bond motifs is 1. The maximum absolute atomic E-state index is 6.16. The van der Waals surface area contributed by atoms with Crippen LogP contribution in [-0.4, -0.2) is 32.1 Å². The summed E-state index contributed by atoms with van der Waals surface area (Å²) in [7, 11) is 0. The quantitative estimate of drug-likeness (QED) is 0.888. The summed E-state index contributed by atoms with van der Waals surface area (Å²) in [5.41, 5.74) is 12.8. The van der Waals surface area contributed by atoms with E-state index in [9.17, 15) is 0 Å². The topological polar surface area (TPSA) is 72.0 Å². The van der Waals surface area contributed by atoms with Crippen LogP contribution in [0.15, 0.2) is 18.7 Å². The minimum absolute atomic E-state index is 0.0555. The third-order valence-corrected chi connectivity index (χ3v) is 4.37. The number of nitrogen functional groups attached to an aromatic ring is 1. The lowest BCUT2D eigenvalue weighted by molar-refractivity contribution is 0.296. The first-order valence-corrected chi connectivity index (χ1v) is 7.80. The zero-order valence-corrected chi connectivity index (χ0v) is 13.3. The lowest BCUT2D eigenvalue weighted by atomic mass is 10.1. The van der Waals surface area contributed by atoms with Crippen molar-refractivity contribution in [1.29, 1.82) is 0 Å². The Hall–Kier alpha value is -2.08. The van der Waals surface area contributed by atoms with Crippen LogP contribution in [0.3, 0.4) is 0 Å². The van der Waals surface area contributed by atoms with Gasteiger partial charge in [-0.2, -0.15) is 0 Å². The summed E-state index contributed by atoms with van der Waals surface area (Å²) in [6, 6.07) is 0.655. The summed E-state index contributed by atoms with van der Waals surface area (Å²) in [6.07, 6.45) is 8.46. The number of rotatable bonds is 2. The van der Waals surface area contributed by atoms with Crippen LogP contribution < -0.4 is 11.2 Å². The number of aromatic nitrogens is 3. The van der Waals surface area contributed by atoms with E-state index in [0.29, 0.717) is 11.9 Å². The van der Waals surface area contributed by atoms with Crippen LogP contribution in [0.5, 0.6) is 0 Å². The monoisotopic (exact) mass is 298 g/mol. The van der Waals surface area contributed by atoms with Crippen molar-refractivity contribution in [2.45, 2.75) is 45.2 Å². The molecule has 2 aliphatic rings. The molecule has 2 aromatic heterocycles. The van der Waals surface area contributed by atoms with Crippen LogP contribution in [0.1, 0.15) is 39.2 Å². The Morgan fingerprint density at radius 3 is 2.73 bits per heavy atom. The first kappa shape index (κ1) is 13.6. The molecule has 6 nitrogen and oxygen atoms in total. The molecule has 0 unspecified atom stereocenters. The van der Waals surface area contributed by atoms with E-state index in [4.69, 9.17) is 5.73 Å². The van der Waals surface area contributed by atoms with E-state index in [1.165, 1.54) is 18.4 Å². The van der Waals surface area contributed by atoms with Crippen molar-refractivity contribution in [3.05, 3.63) is 24.3 Å². The van der Waals surface area contributed by atoms with Gasteiger partial charge in [0.1, 0.15) is 17.8 Å². The van der Waals surface area contributed by atoms with Crippen LogP contribution in [0, 0.1) is 0 Å². The summed E-state index contributed by atoms with van der Waals surface area (Å²) in [6.45, 7) is 7.35. The molecule has 0 amide bonds. The first-order chi connectivity index (χ1) is 10.4. The average Bonchev–Trinajstić information content (AvgIpc) is 3.03. The fourth-order valence-corrected chi connectivity index (χ4v) is 3.03. The number of hydrazine groups is 1. The third kappa shape index (κ3) is 2.06. The van der Waals surface area contributed by atoms with Gasteiger partial charge in [0.2, 0.25) is 0 Å². The van der Waals surface area contributed by atoms with Gasteiger partial charge in [0.25, 0.3) is 0 Å². The highest BCUT2D eigenvalue weighted by Gasteiger charge is 2.31. The zero-order chi connectivity index (χ0) is 15.5. The lowest BCUT2D eigenvalue weighted by Crippen LogP contribution is -2.30. The molecule has 2 aromatic rings. The molecular formula is C16H22N6. The minimum Gasteiger partial charge on any atom is -0.383 e. The molecule has 1 saturated carbocycles. The number of hydrogen-bond acceptors (Lipinski definition) is 5. The summed E-state index contributed by atoms with van der Waals surface area (Å²) in [5.74, 6) is 0.550. The number of nitrogens with zero attached hydrogens (tertiary/aromatic N) is 4. The minimum atomic E-state index is -0.0555. The fourth-order valence-electron chi connectivity index (χ4n) is 3.03. The largest absolute Gasteiger partial charge is 0.383 e. The molecule has 0 spiro atoms. The summed E-state index contributed by atoms with van der Waals surface area (Å²) in [5, 5.41) is 3.19. The Balaban J connectivity index is 1.89. The molecule has 0 aromatic carbocycles. The zero-order valence-electron chi connectivity index (χ0n) is 13.3. The van der Waals surface area contributed by atoms with Gasteiger partial charge >= 0.3 is 0 Å². The van der Waals surface area contributed by atoms with Gasteiger partial charge in [-0.25, -0.2) is 15.4 Å². The van der Waals surface area contributed by atoms with Gasteiger partial charge in [0, 0.05) is 36.1 Å². The van der Waals surface area contributed by atoms with Gasteiger partial charge < -0.3 is 15.3 Å². The van der Waals surface area contributed by atoms with E-state index in [-0.39, 0.29) is 5.54 Å². The Bertz CT molecular complexity index is 763. The van der Waals surface area contributed by atoms with Crippen LogP contribution in [0.25, 0.3) is 16.6 Å². The van der Waals surface area contributed by atoms with Crippen molar-refractivity contribution in [3.8, 4) is 0 Å². The maximum Gasteiger partial charge on any atom is 0.146 e. The smallest absolute Gasteiger partial charge is 0.146 e. The highest BCUT2D eigenvalue weighted by Crippen LogP contribution is 2.36. The number of nitrogens with one attached hydrogen (secondary N) is 1. The number of nitrogens with two attached hydrogens (primary N) is 1. The predicted molar refractivity (Wildman–Crippen MR) is 87.8 cm³/mol. The molecule has 1 fully saturated rings. The molecule has 1 aliphatic heterocycles. The van der Waals surface area contributed by atoms with E-state index in [2.05, 4.69) is 58.1 Å². The van der Waals surface area contributed by atoms with Gasteiger partial charge in [-0.05, 0) is 39.2 Å². The second-order valence-electron chi connectivity index (χ2n) is 7.17. The Morgan fingerprint density at radius 2 is 2.05 bits per heavy atom. The predicted octanol–water partition coefficient (Wildman–Crippen LogP) is 2.09.